The normalized spacial score (nSPS) is 11.1. The van der Waals surface area contributed by atoms with Gasteiger partial charge in [-0.25, -0.2) is 4.79 Å². The number of alkyl halides is 3. The van der Waals surface area contributed by atoms with E-state index >= 15 is 0 Å². The van der Waals surface area contributed by atoms with Crippen molar-refractivity contribution in [1.29, 1.82) is 0 Å². The van der Waals surface area contributed by atoms with E-state index in [9.17, 15) is 18.0 Å². The third-order valence-corrected chi connectivity index (χ3v) is 3.36. The van der Waals surface area contributed by atoms with Crippen LogP contribution in [0.1, 0.15) is 16.7 Å². The van der Waals surface area contributed by atoms with Crippen LogP contribution in [0.3, 0.4) is 0 Å². The number of nitrogens with zero attached hydrogens (tertiary/aromatic N) is 1. The maximum Gasteiger partial charge on any atom is 0.416 e. The van der Waals surface area contributed by atoms with Gasteiger partial charge in [-0.05, 0) is 17.2 Å². The quantitative estimate of drug-likeness (QED) is 0.905. The highest BCUT2D eigenvalue weighted by atomic mass is 19.4. The molecule has 0 unspecified atom stereocenters. The monoisotopic (exact) mass is 322 g/mol. The van der Waals surface area contributed by atoms with Gasteiger partial charge in [0.05, 0.1) is 5.56 Å². The number of urea groups is 1. The molecule has 0 saturated carbocycles. The number of carbonyl (C=O) groups excluding carboxylic acids is 1. The summed E-state index contributed by atoms with van der Waals surface area (Å²) in [5.74, 6) is 0. The van der Waals surface area contributed by atoms with E-state index in [4.69, 9.17) is 0 Å². The number of hydrogen-bond acceptors (Lipinski definition) is 1. The molecular weight excluding hydrogens is 305 g/mol. The van der Waals surface area contributed by atoms with E-state index in [2.05, 4.69) is 5.32 Å². The minimum Gasteiger partial charge on any atom is -0.334 e. The van der Waals surface area contributed by atoms with Crippen LogP contribution >= 0.6 is 0 Å². The van der Waals surface area contributed by atoms with Crippen LogP contribution in [0.15, 0.2) is 54.6 Å². The Morgan fingerprint density at radius 1 is 1.04 bits per heavy atom. The highest BCUT2D eigenvalue weighted by molar-refractivity contribution is 5.73. The van der Waals surface area contributed by atoms with Crippen LogP contribution in [-0.4, -0.2) is 18.0 Å². The van der Waals surface area contributed by atoms with Crippen LogP contribution in [0, 0.1) is 0 Å². The van der Waals surface area contributed by atoms with Crippen LogP contribution in [0.4, 0.5) is 18.0 Å². The van der Waals surface area contributed by atoms with E-state index in [0.29, 0.717) is 6.54 Å². The predicted octanol–water partition coefficient (Wildman–Crippen LogP) is 4.05. The van der Waals surface area contributed by atoms with Crippen LogP contribution in [0.25, 0.3) is 0 Å². The number of halogens is 3. The first-order valence-corrected chi connectivity index (χ1v) is 7.06. The molecule has 2 rings (SSSR count). The van der Waals surface area contributed by atoms with Crippen LogP contribution in [0.5, 0.6) is 0 Å². The molecule has 1 N–H and O–H groups in total. The largest absolute Gasteiger partial charge is 0.416 e. The van der Waals surface area contributed by atoms with Gasteiger partial charge in [-0.2, -0.15) is 13.2 Å². The summed E-state index contributed by atoms with van der Waals surface area (Å²) < 4.78 is 38.9. The molecule has 23 heavy (non-hydrogen) atoms. The van der Waals surface area contributed by atoms with Gasteiger partial charge in [0.2, 0.25) is 0 Å². The lowest BCUT2D eigenvalue weighted by atomic mass is 10.1. The fraction of sp³-hybridized carbons (Fsp3) is 0.235. The molecule has 0 aliphatic rings. The summed E-state index contributed by atoms with van der Waals surface area (Å²) in [7, 11) is 1.47. The van der Waals surface area contributed by atoms with Gasteiger partial charge in [-0.1, -0.05) is 48.5 Å². The van der Waals surface area contributed by atoms with Gasteiger partial charge in [0.1, 0.15) is 0 Å². The van der Waals surface area contributed by atoms with Crippen molar-refractivity contribution < 1.29 is 18.0 Å². The van der Waals surface area contributed by atoms with Crippen LogP contribution in [0.2, 0.25) is 0 Å². The van der Waals surface area contributed by atoms with Crippen molar-refractivity contribution in [3.63, 3.8) is 0 Å². The fourth-order valence-corrected chi connectivity index (χ4v) is 2.17. The fourth-order valence-electron chi connectivity index (χ4n) is 2.17. The second-order valence-corrected chi connectivity index (χ2v) is 5.16. The van der Waals surface area contributed by atoms with Gasteiger partial charge in [-0.15, -0.1) is 0 Å². The minimum absolute atomic E-state index is 0.0670. The molecule has 0 aliphatic heterocycles. The zero-order chi connectivity index (χ0) is 16.9. The molecule has 0 fully saturated rings. The maximum atomic E-state index is 13.0. The first-order valence-electron chi connectivity index (χ1n) is 7.06. The molecule has 0 aliphatic carbocycles. The first kappa shape index (κ1) is 16.9. The Balaban J connectivity index is 1.99. The van der Waals surface area contributed by atoms with E-state index in [1.54, 1.807) is 0 Å². The lowest BCUT2D eigenvalue weighted by Gasteiger charge is -2.20. The van der Waals surface area contributed by atoms with Crippen molar-refractivity contribution in [2.24, 2.45) is 0 Å². The van der Waals surface area contributed by atoms with Gasteiger partial charge in [0, 0.05) is 20.1 Å². The third-order valence-electron chi connectivity index (χ3n) is 3.36. The standard InChI is InChI=1S/C17H17F3N2O/c1-22(16(23)21-11-13-7-3-2-4-8-13)12-14-9-5-6-10-15(14)17(18,19)20/h2-10H,11-12H2,1H3,(H,21,23). The van der Waals surface area contributed by atoms with Crippen molar-refractivity contribution >= 4 is 6.03 Å². The summed E-state index contributed by atoms with van der Waals surface area (Å²) in [5, 5.41) is 2.68. The van der Waals surface area contributed by atoms with Gasteiger partial charge in [0.25, 0.3) is 0 Å². The zero-order valence-corrected chi connectivity index (χ0v) is 12.6. The van der Waals surface area contributed by atoms with Gasteiger partial charge in [0.15, 0.2) is 0 Å². The van der Waals surface area contributed by atoms with Gasteiger partial charge < -0.3 is 10.2 Å². The van der Waals surface area contributed by atoms with Crippen molar-refractivity contribution in [2.45, 2.75) is 19.3 Å². The molecule has 2 aromatic rings. The maximum absolute atomic E-state index is 13.0. The van der Waals surface area contributed by atoms with Crippen LogP contribution in [-0.2, 0) is 19.3 Å². The summed E-state index contributed by atoms with van der Waals surface area (Å²) in [5.41, 5.74) is 0.269. The lowest BCUT2D eigenvalue weighted by molar-refractivity contribution is -0.138. The zero-order valence-electron chi connectivity index (χ0n) is 12.6. The number of carbonyl (C=O) groups is 1. The Morgan fingerprint density at radius 2 is 1.65 bits per heavy atom. The lowest BCUT2D eigenvalue weighted by Crippen LogP contribution is -2.36. The molecular formula is C17H17F3N2O. The van der Waals surface area contributed by atoms with Crippen molar-refractivity contribution in [1.82, 2.24) is 10.2 Å². The Bertz CT molecular complexity index is 656. The second-order valence-electron chi connectivity index (χ2n) is 5.16. The number of hydrogen-bond donors (Lipinski definition) is 1. The smallest absolute Gasteiger partial charge is 0.334 e. The Morgan fingerprint density at radius 3 is 2.30 bits per heavy atom. The van der Waals surface area contributed by atoms with E-state index in [-0.39, 0.29) is 12.1 Å². The molecule has 0 atom stereocenters. The number of rotatable bonds is 4. The van der Waals surface area contributed by atoms with Crippen LogP contribution < -0.4 is 5.32 Å². The molecule has 0 spiro atoms. The second kappa shape index (κ2) is 7.17. The highest BCUT2D eigenvalue weighted by Gasteiger charge is 2.33. The van der Waals surface area contributed by atoms with E-state index < -0.39 is 17.8 Å². The minimum atomic E-state index is -4.43. The Labute approximate surface area is 132 Å². The summed E-state index contributed by atoms with van der Waals surface area (Å²) >= 11 is 0. The number of benzene rings is 2. The summed E-state index contributed by atoms with van der Waals surface area (Å²) in [6.45, 7) is 0.210. The molecule has 6 heteroatoms. The molecule has 0 aromatic heterocycles. The average molecular weight is 322 g/mol. The molecule has 2 aromatic carbocycles. The van der Waals surface area contributed by atoms with Gasteiger partial charge in [-0.3, -0.25) is 0 Å². The molecule has 122 valence electrons. The Kier molecular flexibility index (Phi) is 5.26. The molecule has 0 radical (unpaired) electrons. The molecule has 0 heterocycles. The van der Waals surface area contributed by atoms with Crippen molar-refractivity contribution in [3.8, 4) is 0 Å². The predicted molar refractivity (Wildman–Crippen MR) is 81.6 cm³/mol. The van der Waals surface area contributed by atoms with E-state index in [1.165, 1.54) is 30.1 Å². The topological polar surface area (TPSA) is 32.3 Å². The first-order chi connectivity index (χ1) is 10.9. The Hall–Kier alpha value is -2.50. The summed E-state index contributed by atoms with van der Waals surface area (Å²) in [4.78, 5) is 13.2. The van der Waals surface area contributed by atoms with E-state index in [1.807, 2.05) is 30.3 Å². The molecule has 0 saturated heterocycles. The van der Waals surface area contributed by atoms with Gasteiger partial charge >= 0.3 is 12.2 Å². The number of amides is 2. The highest BCUT2D eigenvalue weighted by Crippen LogP contribution is 2.32. The summed E-state index contributed by atoms with van der Waals surface area (Å²) in [6.07, 6.45) is -4.43. The van der Waals surface area contributed by atoms with Crippen molar-refractivity contribution in [3.05, 3.63) is 71.3 Å². The summed E-state index contributed by atoms with van der Waals surface area (Å²) in [6, 6.07) is 14.1. The van der Waals surface area contributed by atoms with E-state index in [0.717, 1.165) is 11.6 Å². The molecule has 0 bridgehead atoms. The van der Waals surface area contributed by atoms with Crippen molar-refractivity contribution in [2.75, 3.05) is 7.05 Å². The average Bonchev–Trinajstić information content (AvgIpc) is 2.53. The molecule has 3 nitrogen and oxygen atoms in total. The third kappa shape index (κ3) is 4.74. The molecule has 2 amide bonds. The number of nitrogens with one attached hydrogen (secondary N) is 1. The SMILES string of the molecule is CN(Cc1ccccc1C(F)(F)F)C(=O)NCc1ccccc1.